The van der Waals surface area contributed by atoms with Crippen LogP contribution in [0.5, 0.6) is 0 Å². The van der Waals surface area contributed by atoms with Crippen molar-refractivity contribution in [2.24, 2.45) is 0 Å². The van der Waals surface area contributed by atoms with Gasteiger partial charge in [-0.25, -0.2) is 0 Å². The summed E-state index contributed by atoms with van der Waals surface area (Å²) in [6.45, 7) is 2.98. The number of nitrogens with zero attached hydrogens (tertiary/aromatic N) is 1. The summed E-state index contributed by atoms with van der Waals surface area (Å²) in [5, 5.41) is 1.05. The van der Waals surface area contributed by atoms with Gasteiger partial charge in [0.25, 0.3) is 0 Å². The van der Waals surface area contributed by atoms with Gasteiger partial charge < -0.3 is 4.57 Å². The molecule has 1 aromatic heterocycles. The number of hydrogen-bond donors (Lipinski definition) is 0. The number of aldehydes is 1. The van der Waals surface area contributed by atoms with Crippen LogP contribution >= 0.6 is 0 Å². The van der Waals surface area contributed by atoms with Crippen molar-refractivity contribution in [2.45, 2.75) is 19.9 Å². The molecule has 0 spiro atoms. The maximum atomic E-state index is 11.2. The van der Waals surface area contributed by atoms with E-state index >= 15 is 0 Å². The molecular weight excluding hydrogens is 246 g/mol. The molecule has 100 valence electrons. The summed E-state index contributed by atoms with van der Waals surface area (Å²) in [7, 11) is 0. The molecule has 2 heteroatoms. The van der Waals surface area contributed by atoms with Crippen LogP contribution in [0, 0.1) is 6.92 Å². The Hall–Kier alpha value is -2.35. The molecule has 0 unspecified atom stereocenters. The lowest BCUT2D eigenvalue weighted by Gasteiger charge is -2.07. The van der Waals surface area contributed by atoms with Gasteiger partial charge in [0.05, 0.1) is 5.52 Å². The molecule has 0 radical (unpaired) electrons. The fraction of sp³-hybridized carbons (Fsp3) is 0.167. The Morgan fingerprint density at radius 2 is 1.85 bits per heavy atom. The van der Waals surface area contributed by atoms with Crippen molar-refractivity contribution < 1.29 is 4.79 Å². The molecule has 0 saturated heterocycles. The number of benzene rings is 2. The standard InChI is InChI=1S/C18H17NO/c1-14-6-5-9-17-16(13-20)12-19(18(14)17)11-10-15-7-3-2-4-8-15/h2-9,12-13H,10-11H2,1H3. The first kappa shape index (κ1) is 12.7. The van der Waals surface area contributed by atoms with Crippen molar-refractivity contribution in [3.8, 4) is 0 Å². The molecule has 2 nitrogen and oxygen atoms in total. The Balaban J connectivity index is 1.97. The summed E-state index contributed by atoms with van der Waals surface area (Å²) in [5.74, 6) is 0. The average molecular weight is 263 g/mol. The predicted octanol–water partition coefficient (Wildman–Crippen LogP) is 4.00. The van der Waals surface area contributed by atoms with Crippen LogP contribution in [0.3, 0.4) is 0 Å². The van der Waals surface area contributed by atoms with Crippen molar-refractivity contribution in [3.63, 3.8) is 0 Å². The predicted molar refractivity (Wildman–Crippen MR) is 82.2 cm³/mol. The molecule has 3 rings (SSSR count). The molecule has 0 aliphatic rings. The van der Waals surface area contributed by atoms with E-state index < -0.39 is 0 Å². The first-order chi connectivity index (χ1) is 9.79. The van der Waals surface area contributed by atoms with E-state index in [-0.39, 0.29) is 0 Å². The van der Waals surface area contributed by atoms with Gasteiger partial charge in [-0.2, -0.15) is 0 Å². The van der Waals surface area contributed by atoms with Gasteiger partial charge in [-0.05, 0) is 24.5 Å². The minimum absolute atomic E-state index is 0.775. The summed E-state index contributed by atoms with van der Waals surface area (Å²) in [5.41, 5.74) is 4.47. The third-order valence-electron chi connectivity index (χ3n) is 3.74. The highest BCUT2D eigenvalue weighted by Gasteiger charge is 2.09. The van der Waals surface area contributed by atoms with Crippen LogP contribution in [0.1, 0.15) is 21.5 Å². The Kier molecular flexibility index (Phi) is 3.38. The van der Waals surface area contributed by atoms with Gasteiger partial charge in [0.1, 0.15) is 0 Å². The zero-order chi connectivity index (χ0) is 13.9. The fourth-order valence-corrected chi connectivity index (χ4v) is 2.74. The lowest BCUT2D eigenvalue weighted by atomic mass is 10.1. The number of aryl methyl sites for hydroxylation is 3. The first-order valence-electron chi connectivity index (χ1n) is 6.87. The Morgan fingerprint density at radius 1 is 1.05 bits per heavy atom. The van der Waals surface area contributed by atoms with Crippen molar-refractivity contribution in [2.75, 3.05) is 0 Å². The van der Waals surface area contributed by atoms with Gasteiger partial charge in [-0.15, -0.1) is 0 Å². The van der Waals surface area contributed by atoms with E-state index in [1.807, 2.05) is 24.4 Å². The summed E-state index contributed by atoms with van der Waals surface area (Å²) in [4.78, 5) is 11.2. The van der Waals surface area contributed by atoms with Crippen LogP contribution in [0.2, 0.25) is 0 Å². The number of fused-ring (bicyclic) bond motifs is 1. The SMILES string of the molecule is Cc1cccc2c(C=O)cn(CCc3ccccc3)c12. The van der Waals surface area contributed by atoms with Gasteiger partial charge in [-0.3, -0.25) is 4.79 Å². The van der Waals surface area contributed by atoms with E-state index in [4.69, 9.17) is 0 Å². The first-order valence-corrected chi connectivity index (χ1v) is 6.87. The second-order valence-corrected chi connectivity index (χ2v) is 5.10. The van der Waals surface area contributed by atoms with Gasteiger partial charge in [0.15, 0.2) is 6.29 Å². The van der Waals surface area contributed by atoms with Crippen LogP contribution < -0.4 is 0 Å². The second kappa shape index (κ2) is 5.33. The summed E-state index contributed by atoms with van der Waals surface area (Å²) in [6, 6.07) is 16.5. The molecule has 0 N–H and O–H groups in total. The van der Waals surface area contributed by atoms with Crippen LogP contribution in [0.25, 0.3) is 10.9 Å². The van der Waals surface area contributed by atoms with E-state index in [2.05, 4.69) is 41.8 Å². The minimum atomic E-state index is 0.775. The number of para-hydroxylation sites is 1. The van der Waals surface area contributed by atoms with Crippen LogP contribution in [-0.2, 0) is 13.0 Å². The molecule has 20 heavy (non-hydrogen) atoms. The quantitative estimate of drug-likeness (QED) is 0.652. The Morgan fingerprint density at radius 3 is 2.60 bits per heavy atom. The number of carbonyl (C=O) groups is 1. The third kappa shape index (κ3) is 2.25. The van der Waals surface area contributed by atoms with Gasteiger partial charge >= 0.3 is 0 Å². The van der Waals surface area contributed by atoms with E-state index in [0.29, 0.717) is 0 Å². The van der Waals surface area contributed by atoms with Crippen LogP contribution in [0.15, 0.2) is 54.7 Å². The smallest absolute Gasteiger partial charge is 0.152 e. The van der Waals surface area contributed by atoms with E-state index in [0.717, 1.165) is 30.2 Å². The highest BCUT2D eigenvalue weighted by molar-refractivity contribution is 5.98. The van der Waals surface area contributed by atoms with Gasteiger partial charge in [0.2, 0.25) is 0 Å². The molecule has 0 fully saturated rings. The maximum Gasteiger partial charge on any atom is 0.152 e. The monoisotopic (exact) mass is 263 g/mol. The number of hydrogen-bond acceptors (Lipinski definition) is 1. The van der Waals surface area contributed by atoms with Crippen molar-refractivity contribution in [1.82, 2.24) is 4.57 Å². The molecule has 0 bridgehead atoms. The second-order valence-electron chi connectivity index (χ2n) is 5.10. The van der Waals surface area contributed by atoms with E-state index in [9.17, 15) is 4.79 Å². The summed E-state index contributed by atoms with van der Waals surface area (Å²) >= 11 is 0. The van der Waals surface area contributed by atoms with Crippen LogP contribution in [-0.4, -0.2) is 10.9 Å². The summed E-state index contributed by atoms with van der Waals surface area (Å²) in [6.07, 6.45) is 3.88. The summed E-state index contributed by atoms with van der Waals surface area (Å²) < 4.78 is 2.20. The van der Waals surface area contributed by atoms with Crippen molar-refractivity contribution in [1.29, 1.82) is 0 Å². The minimum Gasteiger partial charge on any atom is -0.346 e. The lowest BCUT2D eigenvalue weighted by Crippen LogP contribution is -2.00. The highest BCUT2D eigenvalue weighted by atomic mass is 16.1. The van der Waals surface area contributed by atoms with Crippen molar-refractivity contribution >= 4 is 17.2 Å². The fourth-order valence-electron chi connectivity index (χ4n) is 2.74. The van der Waals surface area contributed by atoms with Gasteiger partial charge in [0, 0.05) is 23.7 Å². The largest absolute Gasteiger partial charge is 0.346 e. The zero-order valence-corrected chi connectivity index (χ0v) is 11.5. The molecular formula is C18H17NO. The van der Waals surface area contributed by atoms with Crippen LogP contribution in [0.4, 0.5) is 0 Å². The Labute approximate surface area is 118 Å². The highest BCUT2D eigenvalue weighted by Crippen LogP contribution is 2.23. The molecule has 0 aliphatic heterocycles. The molecule has 3 aromatic rings. The molecule has 0 aliphatic carbocycles. The average Bonchev–Trinajstić information content (AvgIpc) is 2.86. The van der Waals surface area contributed by atoms with Crippen molar-refractivity contribution in [3.05, 3.63) is 71.4 Å². The molecule has 0 saturated carbocycles. The maximum absolute atomic E-state index is 11.2. The third-order valence-corrected chi connectivity index (χ3v) is 3.74. The normalized spacial score (nSPS) is 10.8. The Bertz CT molecular complexity index is 741. The molecule has 1 heterocycles. The van der Waals surface area contributed by atoms with Gasteiger partial charge in [-0.1, -0.05) is 48.5 Å². The lowest BCUT2D eigenvalue weighted by molar-refractivity contribution is 0.112. The zero-order valence-electron chi connectivity index (χ0n) is 11.5. The number of carbonyl (C=O) groups excluding carboxylic acids is 1. The number of aromatic nitrogens is 1. The molecule has 0 atom stereocenters. The topological polar surface area (TPSA) is 22.0 Å². The van der Waals surface area contributed by atoms with E-state index in [1.165, 1.54) is 16.6 Å². The van der Waals surface area contributed by atoms with E-state index in [1.54, 1.807) is 0 Å². The molecule has 2 aromatic carbocycles. The number of rotatable bonds is 4. The molecule has 0 amide bonds.